The molecule has 0 radical (unpaired) electrons. The highest BCUT2D eigenvalue weighted by Crippen LogP contribution is 2.30. The molecule has 0 fully saturated rings. The Labute approximate surface area is 120 Å². The summed E-state index contributed by atoms with van der Waals surface area (Å²) in [4.78, 5) is 6.92. The molecular formula is C18H18N2. The number of rotatable bonds is 2. The van der Waals surface area contributed by atoms with Crippen molar-refractivity contribution in [3.05, 3.63) is 77.9 Å². The average Bonchev–Trinajstić information content (AvgIpc) is 2.51. The molecule has 2 heteroatoms. The molecule has 100 valence electrons. The molecule has 0 spiro atoms. The van der Waals surface area contributed by atoms with Crippen LogP contribution >= 0.6 is 0 Å². The van der Waals surface area contributed by atoms with Gasteiger partial charge < -0.3 is 4.90 Å². The van der Waals surface area contributed by atoms with E-state index in [0.29, 0.717) is 0 Å². The molecule has 2 nitrogen and oxygen atoms in total. The maximum Gasteiger partial charge on any atom is 0.102 e. The molecule has 0 aliphatic carbocycles. The largest absolute Gasteiger partial charge is 0.353 e. The second kappa shape index (κ2) is 5.33. The Balaban J connectivity index is 2.03. The van der Waals surface area contributed by atoms with Crippen molar-refractivity contribution in [3.63, 3.8) is 0 Å². The van der Waals surface area contributed by atoms with Crippen LogP contribution in [0.3, 0.4) is 0 Å². The van der Waals surface area contributed by atoms with Crippen molar-refractivity contribution in [1.29, 1.82) is 0 Å². The van der Waals surface area contributed by atoms with E-state index < -0.39 is 0 Å². The van der Waals surface area contributed by atoms with Gasteiger partial charge >= 0.3 is 0 Å². The molecule has 0 saturated carbocycles. The molecular weight excluding hydrogens is 244 g/mol. The third kappa shape index (κ3) is 2.37. The fraction of sp³-hybridized carbons (Fsp3) is 0.167. The lowest BCUT2D eigenvalue weighted by molar-refractivity contribution is 0.431. The van der Waals surface area contributed by atoms with Gasteiger partial charge in [0, 0.05) is 7.05 Å². The first-order valence-electron chi connectivity index (χ1n) is 6.86. The van der Waals surface area contributed by atoms with E-state index in [-0.39, 0.29) is 6.04 Å². The maximum absolute atomic E-state index is 4.71. The molecule has 0 N–H and O–H groups in total. The quantitative estimate of drug-likeness (QED) is 0.794. The van der Waals surface area contributed by atoms with E-state index in [0.717, 1.165) is 11.5 Å². The van der Waals surface area contributed by atoms with Crippen molar-refractivity contribution in [2.24, 2.45) is 4.99 Å². The van der Waals surface area contributed by atoms with Crippen LogP contribution in [0.5, 0.6) is 0 Å². The maximum atomic E-state index is 4.71. The summed E-state index contributed by atoms with van der Waals surface area (Å²) in [5.74, 6) is 1.04. The van der Waals surface area contributed by atoms with Gasteiger partial charge in [-0.3, -0.25) is 0 Å². The predicted octanol–water partition coefficient (Wildman–Crippen LogP) is 4.13. The van der Waals surface area contributed by atoms with Crippen molar-refractivity contribution in [1.82, 2.24) is 4.90 Å². The number of hydrogen-bond acceptors (Lipinski definition) is 2. The molecule has 0 bridgehead atoms. The Kier molecular flexibility index (Phi) is 3.38. The van der Waals surface area contributed by atoms with E-state index in [1.165, 1.54) is 11.1 Å². The van der Waals surface area contributed by atoms with Crippen LogP contribution in [0.15, 0.2) is 71.7 Å². The summed E-state index contributed by atoms with van der Waals surface area (Å²) in [6, 6.07) is 21.1. The van der Waals surface area contributed by atoms with Crippen LogP contribution in [0.2, 0.25) is 0 Å². The van der Waals surface area contributed by atoms with E-state index >= 15 is 0 Å². The lowest BCUT2D eigenvalue weighted by atomic mass is 10.0. The molecule has 1 heterocycles. The van der Waals surface area contributed by atoms with Gasteiger partial charge in [0.1, 0.15) is 5.84 Å². The van der Waals surface area contributed by atoms with Crippen molar-refractivity contribution >= 4 is 11.5 Å². The summed E-state index contributed by atoms with van der Waals surface area (Å²) in [5, 5.41) is 0. The first-order chi connectivity index (χ1) is 9.75. The van der Waals surface area contributed by atoms with Gasteiger partial charge in [0.15, 0.2) is 0 Å². The molecule has 2 aromatic carbocycles. The van der Waals surface area contributed by atoms with Gasteiger partial charge in [-0.1, -0.05) is 60.7 Å². The summed E-state index contributed by atoms with van der Waals surface area (Å²) >= 11 is 0. The summed E-state index contributed by atoms with van der Waals surface area (Å²) in [6.07, 6.45) is 2.23. The van der Waals surface area contributed by atoms with Crippen molar-refractivity contribution < 1.29 is 0 Å². The third-order valence-electron chi connectivity index (χ3n) is 3.74. The van der Waals surface area contributed by atoms with E-state index in [1.54, 1.807) is 0 Å². The number of nitrogens with zero attached hydrogens (tertiary/aromatic N) is 2. The second-order valence-corrected chi connectivity index (χ2v) is 5.04. The van der Waals surface area contributed by atoms with E-state index in [4.69, 9.17) is 4.99 Å². The fourth-order valence-corrected chi connectivity index (χ4v) is 2.49. The minimum atomic E-state index is 0.240. The van der Waals surface area contributed by atoms with Crippen molar-refractivity contribution in [2.75, 3.05) is 7.05 Å². The molecule has 1 aliphatic heterocycles. The van der Waals surface area contributed by atoms with Crippen LogP contribution in [0.4, 0.5) is 0 Å². The average molecular weight is 262 g/mol. The molecule has 0 aromatic heterocycles. The summed E-state index contributed by atoms with van der Waals surface area (Å²) in [6.45, 7) is 2.06. The minimum absolute atomic E-state index is 0.240. The molecule has 0 saturated heterocycles. The van der Waals surface area contributed by atoms with E-state index in [1.807, 2.05) is 6.07 Å². The Morgan fingerprint density at radius 2 is 1.50 bits per heavy atom. The molecule has 2 aromatic rings. The van der Waals surface area contributed by atoms with Crippen LogP contribution in [0.1, 0.15) is 24.1 Å². The Morgan fingerprint density at radius 1 is 0.900 bits per heavy atom. The van der Waals surface area contributed by atoms with Gasteiger partial charge in [0.05, 0.1) is 11.7 Å². The molecule has 1 aliphatic rings. The number of benzene rings is 2. The lowest BCUT2D eigenvalue weighted by Gasteiger charge is -2.31. The molecule has 1 unspecified atom stereocenters. The smallest absolute Gasteiger partial charge is 0.102 e. The van der Waals surface area contributed by atoms with Gasteiger partial charge in [0.25, 0.3) is 0 Å². The van der Waals surface area contributed by atoms with Gasteiger partial charge in [-0.15, -0.1) is 0 Å². The number of likely N-dealkylation sites (N-methyl/N-ethyl adjacent to an activating group) is 1. The van der Waals surface area contributed by atoms with Crippen LogP contribution in [0, 0.1) is 0 Å². The van der Waals surface area contributed by atoms with Crippen LogP contribution in [0.25, 0.3) is 5.70 Å². The van der Waals surface area contributed by atoms with E-state index in [2.05, 4.69) is 79.5 Å². The highest BCUT2D eigenvalue weighted by atomic mass is 15.2. The van der Waals surface area contributed by atoms with Crippen LogP contribution < -0.4 is 0 Å². The van der Waals surface area contributed by atoms with E-state index in [9.17, 15) is 0 Å². The first-order valence-corrected chi connectivity index (χ1v) is 6.86. The van der Waals surface area contributed by atoms with Crippen LogP contribution in [-0.4, -0.2) is 17.8 Å². The zero-order valence-electron chi connectivity index (χ0n) is 11.8. The van der Waals surface area contributed by atoms with Gasteiger partial charge in [-0.05, 0) is 24.1 Å². The van der Waals surface area contributed by atoms with Crippen LogP contribution in [-0.2, 0) is 0 Å². The Hall–Kier alpha value is -2.35. The Bertz CT molecular complexity index is 642. The first kappa shape index (κ1) is 12.7. The minimum Gasteiger partial charge on any atom is -0.353 e. The van der Waals surface area contributed by atoms with Gasteiger partial charge in [0.2, 0.25) is 0 Å². The van der Waals surface area contributed by atoms with Gasteiger partial charge in [-0.25, -0.2) is 4.99 Å². The van der Waals surface area contributed by atoms with Crippen molar-refractivity contribution in [3.8, 4) is 0 Å². The van der Waals surface area contributed by atoms with Gasteiger partial charge in [-0.2, -0.15) is 0 Å². The third-order valence-corrected chi connectivity index (χ3v) is 3.74. The predicted molar refractivity (Wildman–Crippen MR) is 84.5 cm³/mol. The van der Waals surface area contributed by atoms with Crippen molar-refractivity contribution in [2.45, 2.75) is 13.0 Å². The monoisotopic (exact) mass is 262 g/mol. The standard InChI is InChI=1S/C18H18N2/c1-14-19-17(15-9-5-3-6-10-15)13-18(20(14)2)16-11-7-4-8-12-16/h3-13,18H,1-2H3. The molecule has 20 heavy (non-hydrogen) atoms. The topological polar surface area (TPSA) is 15.6 Å². The molecule has 1 atom stereocenters. The summed E-state index contributed by atoms with van der Waals surface area (Å²) in [7, 11) is 2.09. The fourth-order valence-electron chi connectivity index (χ4n) is 2.49. The normalized spacial score (nSPS) is 18.5. The SMILES string of the molecule is CC1=NC(c2ccccc2)=CC(c2ccccc2)N1C. The highest BCUT2D eigenvalue weighted by molar-refractivity contribution is 5.89. The Morgan fingerprint density at radius 3 is 2.15 bits per heavy atom. The number of aliphatic imine (C=N–C) groups is 1. The second-order valence-electron chi connectivity index (χ2n) is 5.04. The number of amidine groups is 1. The number of hydrogen-bond donors (Lipinski definition) is 0. The zero-order chi connectivity index (χ0) is 13.9. The lowest BCUT2D eigenvalue weighted by Crippen LogP contribution is -2.30. The molecule has 0 amide bonds. The summed E-state index contributed by atoms with van der Waals surface area (Å²) in [5.41, 5.74) is 3.51. The highest BCUT2D eigenvalue weighted by Gasteiger charge is 2.21. The zero-order valence-corrected chi connectivity index (χ0v) is 11.8. The molecule has 3 rings (SSSR count). The summed E-state index contributed by atoms with van der Waals surface area (Å²) < 4.78 is 0.